The number of aromatic nitrogens is 2. The molecule has 0 unspecified atom stereocenters. The summed E-state index contributed by atoms with van der Waals surface area (Å²) < 4.78 is 10.9. The normalized spacial score (nSPS) is 12.3. The van der Waals surface area contributed by atoms with E-state index in [0.717, 1.165) is 38.9 Å². The van der Waals surface area contributed by atoms with Crippen molar-refractivity contribution in [2.24, 2.45) is 0 Å². The van der Waals surface area contributed by atoms with Gasteiger partial charge < -0.3 is 13.6 Å². The third-order valence-corrected chi connectivity index (χ3v) is 10.3. The predicted octanol–water partition coefficient (Wildman–Crippen LogP) is 13.0. The molecule has 0 saturated carbocycles. The largest absolute Gasteiger partial charge is 0.456 e. The first kappa shape index (κ1) is 28.4. The average Bonchev–Trinajstić information content (AvgIpc) is 3.82. The molecular weight excluding hydrogens is 609 g/mol. The van der Waals surface area contributed by atoms with E-state index in [9.17, 15) is 0 Å². The first-order valence-corrected chi connectivity index (χ1v) is 17.1. The van der Waals surface area contributed by atoms with Crippen LogP contribution in [0, 0.1) is 0 Å². The second kappa shape index (κ2) is 11.0. The molecular formula is C47H32N2O. The first-order chi connectivity index (χ1) is 24.7. The molecule has 0 spiro atoms. The Hall–Kier alpha value is -6.58. The molecule has 0 radical (unpaired) electrons. The number of para-hydroxylation sites is 3. The van der Waals surface area contributed by atoms with Gasteiger partial charge in [-0.1, -0.05) is 97.6 Å². The van der Waals surface area contributed by atoms with Crippen LogP contribution in [-0.2, 0) is 0 Å². The molecule has 236 valence electrons. The van der Waals surface area contributed by atoms with Crippen molar-refractivity contribution in [2.45, 2.75) is 6.92 Å². The van der Waals surface area contributed by atoms with Gasteiger partial charge in [0, 0.05) is 43.7 Å². The van der Waals surface area contributed by atoms with Gasteiger partial charge in [0.05, 0.1) is 22.1 Å². The van der Waals surface area contributed by atoms with Crippen LogP contribution in [0.25, 0.3) is 93.6 Å². The summed E-state index contributed by atoms with van der Waals surface area (Å²) in [5.41, 5.74) is 13.5. The molecule has 3 aromatic heterocycles. The second-order valence-corrected chi connectivity index (χ2v) is 12.9. The summed E-state index contributed by atoms with van der Waals surface area (Å²) in [6.07, 6.45) is 4.05. The number of fused-ring (bicyclic) bond motifs is 9. The van der Waals surface area contributed by atoms with E-state index in [1.807, 2.05) is 18.2 Å². The SMILES string of the molecule is C=C/C(=C\C)c1ccc2c(c1)c1ccccc1n2-c1cccc(-n2c3ccccc3c3cc(-c4ccc5oc6ccccc6c5c4)ccc32)c1. The topological polar surface area (TPSA) is 23.0 Å². The highest BCUT2D eigenvalue weighted by molar-refractivity contribution is 6.12. The van der Waals surface area contributed by atoms with Crippen LogP contribution in [0.1, 0.15) is 12.5 Å². The van der Waals surface area contributed by atoms with Crippen molar-refractivity contribution >= 4 is 71.1 Å². The number of benzene rings is 7. The minimum atomic E-state index is 0.913. The summed E-state index contributed by atoms with van der Waals surface area (Å²) in [6.45, 7) is 6.10. The molecule has 3 heteroatoms. The molecule has 3 heterocycles. The minimum Gasteiger partial charge on any atom is -0.456 e. The molecule has 0 N–H and O–H groups in total. The van der Waals surface area contributed by atoms with E-state index in [4.69, 9.17) is 4.42 Å². The van der Waals surface area contributed by atoms with E-state index in [1.54, 1.807) is 0 Å². The van der Waals surface area contributed by atoms with Crippen molar-refractivity contribution in [1.82, 2.24) is 9.13 Å². The maximum atomic E-state index is 6.12. The fourth-order valence-electron chi connectivity index (χ4n) is 7.94. The van der Waals surface area contributed by atoms with Crippen LogP contribution in [0.3, 0.4) is 0 Å². The zero-order valence-corrected chi connectivity index (χ0v) is 27.6. The molecule has 0 amide bonds. The Morgan fingerprint density at radius 2 is 1.02 bits per heavy atom. The fraction of sp³-hybridized carbons (Fsp3) is 0.0213. The fourth-order valence-corrected chi connectivity index (χ4v) is 7.94. The third-order valence-electron chi connectivity index (χ3n) is 10.3. The Bertz CT molecular complexity index is 3020. The quantitative estimate of drug-likeness (QED) is 0.172. The van der Waals surface area contributed by atoms with Crippen molar-refractivity contribution in [3.8, 4) is 22.5 Å². The molecule has 0 saturated heterocycles. The zero-order valence-electron chi connectivity index (χ0n) is 27.6. The molecule has 10 rings (SSSR count). The van der Waals surface area contributed by atoms with E-state index in [0.29, 0.717) is 0 Å². The standard InChI is InChI=1S/C47H32N2O/c1-3-30(4-2)31-20-23-44-39(26-31)36-14-5-8-17-42(36)48(44)34-12-11-13-35(29-34)49-43-18-9-6-15-37(43)40-27-32(21-24-45(40)49)33-22-25-47-41(28-33)38-16-7-10-19-46(38)50-47/h3-29H,1H2,2H3/b30-4+. The van der Waals surface area contributed by atoms with E-state index in [-0.39, 0.29) is 0 Å². The van der Waals surface area contributed by atoms with Crippen molar-refractivity contribution in [2.75, 3.05) is 0 Å². The molecule has 0 aliphatic rings. The highest BCUT2D eigenvalue weighted by atomic mass is 16.3. The summed E-state index contributed by atoms with van der Waals surface area (Å²) in [4.78, 5) is 0. The van der Waals surface area contributed by atoms with E-state index >= 15 is 0 Å². The molecule has 0 atom stereocenters. The maximum absolute atomic E-state index is 6.12. The van der Waals surface area contributed by atoms with Gasteiger partial charge in [0.25, 0.3) is 0 Å². The van der Waals surface area contributed by atoms with Gasteiger partial charge in [-0.3, -0.25) is 0 Å². The average molecular weight is 641 g/mol. The summed E-state index contributed by atoms with van der Waals surface area (Å²) in [5.74, 6) is 0. The van der Waals surface area contributed by atoms with Gasteiger partial charge in [-0.05, 0) is 102 Å². The lowest BCUT2D eigenvalue weighted by molar-refractivity contribution is 0.669. The van der Waals surface area contributed by atoms with Crippen LogP contribution < -0.4 is 0 Å². The summed E-state index contributed by atoms with van der Waals surface area (Å²) in [6, 6.07) is 54.7. The van der Waals surface area contributed by atoms with Gasteiger partial charge >= 0.3 is 0 Å². The van der Waals surface area contributed by atoms with Gasteiger partial charge in [-0.15, -0.1) is 0 Å². The Morgan fingerprint density at radius 1 is 0.480 bits per heavy atom. The summed E-state index contributed by atoms with van der Waals surface area (Å²) in [5, 5.41) is 7.21. The zero-order chi connectivity index (χ0) is 33.3. The molecule has 0 aliphatic heterocycles. The summed E-state index contributed by atoms with van der Waals surface area (Å²) >= 11 is 0. The molecule has 0 fully saturated rings. The number of hydrogen-bond acceptors (Lipinski definition) is 1. The monoisotopic (exact) mass is 640 g/mol. The Kier molecular flexibility index (Phi) is 6.24. The smallest absolute Gasteiger partial charge is 0.135 e. The lowest BCUT2D eigenvalue weighted by Gasteiger charge is -2.13. The van der Waals surface area contributed by atoms with Crippen LogP contribution in [0.2, 0.25) is 0 Å². The maximum Gasteiger partial charge on any atom is 0.135 e. The van der Waals surface area contributed by atoms with Crippen LogP contribution in [0.4, 0.5) is 0 Å². The van der Waals surface area contributed by atoms with Gasteiger partial charge in [-0.25, -0.2) is 0 Å². The summed E-state index contributed by atoms with van der Waals surface area (Å²) in [7, 11) is 0. The van der Waals surface area contributed by atoms with E-state index in [1.165, 1.54) is 60.3 Å². The van der Waals surface area contributed by atoms with E-state index in [2.05, 4.69) is 168 Å². The number of rotatable bonds is 5. The van der Waals surface area contributed by atoms with Gasteiger partial charge in [-0.2, -0.15) is 0 Å². The highest BCUT2D eigenvalue weighted by Crippen LogP contribution is 2.39. The van der Waals surface area contributed by atoms with Gasteiger partial charge in [0.1, 0.15) is 11.2 Å². The Labute approximate surface area is 289 Å². The van der Waals surface area contributed by atoms with Crippen molar-refractivity contribution in [1.29, 1.82) is 0 Å². The number of allylic oxidation sites excluding steroid dienone is 3. The van der Waals surface area contributed by atoms with Gasteiger partial charge in [0.2, 0.25) is 0 Å². The third kappa shape index (κ3) is 4.17. The Morgan fingerprint density at radius 3 is 1.70 bits per heavy atom. The van der Waals surface area contributed by atoms with Crippen molar-refractivity contribution in [3.05, 3.63) is 176 Å². The molecule has 0 bridgehead atoms. The molecule has 50 heavy (non-hydrogen) atoms. The lowest BCUT2D eigenvalue weighted by atomic mass is 10.0. The molecule has 3 nitrogen and oxygen atoms in total. The first-order valence-electron chi connectivity index (χ1n) is 17.1. The van der Waals surface area contributed by atoms with Gasteiger partial charge in [0.15, 0.2) is 0 Å². The van der Waals surface area contributed by atoms with Crippen LogP contribution in [-0.4, -0.2) is 9.13 Å². The molecule has 10 aromatic rings. The number of hydrogen-bond donors (Lipinski definition) is 0. The number of nitrogens with zero attached hydrogens (tertiary/aromatic N) is 2. The number of furan rings is 1. The van der Waals surface area contributed by atoms with Crippen LogP contribution in [0.15, 0.2) is 175 Å². The van der Waals surface area contributed by atoms with Crippen molar-refractivity contribution in [3.63, 3.8) is 0 Å². The van der Waals surface area contributed by atoms with Crippen molar-refractivity contribution < 1.29 is 4.42 Å². The second-order valence-electron chi connectivity index (χ2n) is 12.9. The molecule has 0 aliphatic carbocycles. The van der Waals surface area contributed by atoms with Crippen LogP contribution in [0.5, 0.6) is 0 Å². The minimum absolute atomic E-state index is 0.913. The molecule has 7 aromatic carbocycles. The van der Waals surface area contributed by atoms with E-state index < -0.39 is 0 Å². The van der Waals surface area contributed by atoms with Crippen LogP contribution >= 0.6 is 0 Å². The predicted molar refractivity (Wildman–Crippen MR) is 212 cm³/mol. The Balaban J connectivity index is 1.15. The lowest BCUT2D eigenvalue weighted by Crippen LogP contribution is -1.98. The highest BCUT2D eigenvalue weighted by Gasteiger charge is 2.17.